The monoisotopic (exact) mass is 488 g/mol. The lowest BCUT2D eigenvalue weighted by atomic mass is 10.0. The summed E-state index contributed by atoms with van der Waals surface area (Å²) in [5.74, 6) is -2.04. The topological polar surface area (TPSA) is 49.6 Å². The number of amides is 1. The predicted molar refractivity (Wildman–Crippen MR) is 140 cm³/mol. The molecule has 0 saturated heterocycles. The molecule has 1 heterocycles. The van der Waals surface area contributed by atoms with Crippen molar-refractivity contribution >= 4 is 23.0 Å². The van der Waals surface area contributed by atoms with Gasteiger partial charge in [0.05, 0.1) is 17.3 Å². The van der Waals surface area contributed by atoms with Crippen molar-refractivity contribution in [1.82, 2.24) is 14.9 Å². The smallest absolute Gasteiger partial charge is 0.254 e. The number of fused-ring (bicyclic) bond motifs is 1. The van der Waals surface area contributed by atoms with E-state index in [9.17, 15) is 13.6 Å². The summed E-state index contributed by atoms with van der Waals surface area (Å²) >= 11 is 0. The Balaban J connectivity index is 1.80. The highest BCUT2D eigenvalue weighted by molar-refractivity contribution is 6.09. The van der Waals surface area contributed by atoms with Crippen LogP contribution in [-0.4, -0.2) is 35.8 Å². The second-order valence-corrected chi connectivity index (χ2v) is 9.29. The molecule has 4 rings (SSSR count). The molecule has 0 spiro atoms. The summed E-state index contributed by atoms with van der Waals surface area (Å²) in [6.07, 6.45) is 1.79. The normalized spacial score (nSPS) is 11.5. The van der Waals surface area contributed by atoms with Gasteiger partial charge in [-0.05, 0) is 40.8 Å². The Morgan fingerprint density at radius 2 is 1.75 bits per heavy atom. The molecule has 5 nitrogen and oxygen atoms in total. The number of aromatic nitrogens is 1. The molecule has 1 amide bonds. The van der Waals surface area contributed by atoms with E-state index in [0.29, 0.717) is 17.7 Å². The van der Waals surface area contributed by atoms with Gasteiger partial charge in [0.15, 0.2) is 11.6 Å². The van der Waals surface area contributed by atoms with Crippen LogP contribution in [0.15, 0.2) is 71.8 Å². The van der Waals surface area contributed by atoms with Gasteiger partial charge in [0.25, 0.3) is 5.91 Å². The molecule has 0 radical (unpaired) electrons. The Bertz CT molecular complexity index is 1410. The van der Waals surface area contributed by atoms with Crippen molar-refractivity contribution in [2.45, 2.75) is 32.9 Å². The van der Waals surface area contributed by atoms with Crippen molar-refractivity contribution in [3.63, 3.8) is 0 Å². The fourth-order valence-corrected chi connectivity index (χ4v) is 4.34. The molecule has 0 fully saturated rings. The van der Waals surface area contributed by atoms with Crippen molar-refractivity contribution < 1.29 is 13.6 Å². The van der Waals surface area contributed by atoms with E-state index in [0.717, 1.165) is 39.9 Å². The van der Waals surface area contributed by atoms with Crippen LogP contribution in [0.4, 0.5) is 8.78 Å². The van der Waals surface area contributed by atoms with Gasteiger partial charge in [-0.25, -0.2) is 8.78 Å². The first-order valence-corrected chi connectivity index (χ1v) is 11.9. The van der Waals surface area contributed by atoms with Crippen molar-refractivity contribution in [3.05, 3.63) is 106 Å². The molecule has 4 aromatic rings. The summed E-state index contributed by atoms with van der Waals surface area (Å²) in [6, 6.07) is 19.7. The van der Waals surface area contributed by atoms with Crippen molar-refractivity contribution in [3.8, 4) is 0 Å². The number of nitrogens with one attached hydrogen (secondary N) is 1. The Hall–Kier alpha value is -4.00. The van der Waals surface area contributed by atoms with Crippen molar-refractivity contribution in [1.29, 1.82) is 0 Å². The number of nitrogens with zero attached hydrogens (tertiary/aromatic N) is 3. The minimum atomic E-state index is -0.934. The Kier molecular flexibility index (Phi) is 7.48. The van der Waals surface area contributed by atoms with Gasteiger partial charge in [-0.2, -0.15) is 5.10 Å². The molecule has 1 N–H and O–H groups in total. The van der Waals surface area contributed by atoms with Gasteiger partial charge in [-0.3, -0.25) is 4.79 Å². The number of hydrogen-bond donors (Lipinski definition) is 1. The Morgan fingerprint density at radius 3 is 2.42 bits per heavy atom. The highest BCUT2D eigenvalue weighted by Gasteiger charge is 2.25. The largest absolute Gasteiger partial charge is 0.348 e. The Morgan fingerprint density at radius 1 is 1.00 bits per heavy atom. The van der Waals surface area contributed by atoms with Crippen LogP contribution in [-0.2, 0) is 13.1 Å². The maximum absolute atomic E-state index is 13.7. The second kappa shape index (κ2) is 10.7. The third-order valence-electron chi connectivity index (χ3n) is 5.96. The van der Waals surface area contributed by atoms with Gasteiger partial charge >= 0.3 is 0 Å². The van der Waals surface area contributed by atoms with Gasteiger partial charge in [-0.1, -0.05) is 62.4 Å². The van der Waals surface area contributed by atoms with E-state index in [2.05, 4.69) is 41.0 Å². The average molecular weight is 489 g/mol. The summed E-state index contributed by atoms with van der Waals surface area (Å²) in [6.45, 7) is 4.83. The minimum Gasteiger partial charge on any atom is -0.348 e. The first kappa shape index (κ1) is 25.1. The van der Waals surface area contributed by atoms with Crippen molar-refractivity contribution in [2.75, 3.05) is 14.1 Å². The number of carbonyl (C=O) groups is 1. The molecular formula is C29H30F2N4O. The van der Waals surface area contributed by atoms with E-state index in [4.69, 9.17) is 0 Å². The van der Waals surface area contributed by atoms with E-state index in [1.54, 1.807) is 11.2 Å². The van der Waals surface area contributed by atoms with Gasteiger partial charge in [0, 0.05) is 38.3 Å². The standard InChI is InChI=1S/C29H30F2N4O/c1-19(2)28-27(29(36)32-16-21-11-13-24(30)25(31)14-21)23-12-10-22(17-33-34(3)4)15-26(23)35(28)18-20-8-6-5-7-9-20/h5-15,17,19H,16,18H2,1-4H3,(H,32,36)/b33-17+. The van der Waals surface area contributed by atoms with Crippen LogP contribution in [0.1, 0.15) is 52.5 Å². The van der Waals surface area contributed by atoms with Gasteiger partial charge in [-0.15, -0.1) is 0 Å². The number of hydrogen-bond acceptors (Lipinski definition) is 3. The third-order valence-corrected chi connectivity index (χ3v) is 5.96. The zero-order valence-electron chi connectivity index (χ0n) is 20.9. The first-order chi connectivity index (χ1) is 17.2. The maximum atomic E-state index is 13.7. The first-order valence-electron chi connectivity index (χ1n) is 11.9. The number of carbonyl (C=O) groups excluding carboxylic acids is 1. The molecule has 7 heteroatoms. The molecule has 36 heavy (non-hydrogen) atoms. The van der Waals surface area contributed by atoms with Crippen LogP contribution >= 0.6 is 0 Å². The van der Waals surface area contributed by atoms with Crippen LogP contribution in [0, 0.1) is 11.6 Å². The second-order valence-electron chi connectivity index (χ2n) is 9.29. The maximum Gasteiger partial charge on any atom is 0.254 e. The molecule has 0 bridgehead atoms. The highest BCUT2D eigenvalue weighted by Crippen LogP contribution is 2.33. The van der Waals surface area contributed by atoms with Crippen LogP contribution in [0.3, 0.4) is 0 Å². The Labute approximate surface area is 210 Å². The summed E-state index contributed by atoms with van der Waals surface area (Å²) in [4.78, 5) is 13.5. The van der Waals surface area contributed by atoms with Crippen LogP contribution in [0.5, 0.6) is 0 Å². The lowest BCUT2D eigenvalue weighted by Gasteiger charge is -2.16. The number of rotatable bonds is 8. The highest BCUT2D eigenvalue weighted by atomic mass is 19.2. The van der Waals surface area contributed by atoms with E-state index in [-0.39, 0.29) is 18.4 Å². The fourth-order valence-electron chi connectivity index (χ4n) is 4.34. The zero-order valence-corrected chi connectivity index (χ0v) is 20.9. The molecular weight excluding hydrogens is 458 g/mol. The van der Waals surface area contributed by atoms with Gasteiger partial charge in [0.1, 0.15) is 0 Å². The fraction of sp³-hybridized carbons (Fsp3) is 0.241. The van der Waals surface area contributed by atoms with Crippen LogP contribution < -0.4 is 5.32 Å². The van der Waals surface area contributed by atoms with Crippen LogP contribution in [0.25, 0.3) is 10.9 Å². The van der Waals surface area contributed by atoms with Crippen LogP contribution in [0.2, 0.25) is 0 Å². The van der Waals surface area contributed by atoms with Crippen molar-refractivity contribution in [2.24, 2.45) is 5.10 Å². The number of halogens is 2. The van der Waals surface area contributed by atoms with Gasteiger partial charge in [0.2, 0.25) is 0 Å². The van der Waals surface area contributed by atoms with E-state index >= 15 is 0 Å². The quantitative estimate of drug-likeness (QED) is 0.247. The molecule has 0 unspecified atom stereocenters. The minimum absolute atomic E-state index is 0.0593. The van der Waals surface area contributed by atoms with E-state index in [1.165, 1.54) is 6.07 Å². The third kappa shape index (κ3) is 5.46. The molecule has 0 aliphatic heterocycles. The zero-order chi connectivity index (χ0) is 25.8. The average Bonchev–Trinajstić information content (AvgIpc) is 3.17. The summed E-state index contributed by atoms with van der Waals surface area (Å²) < 4.78 is 29.2. The molecule has 186 valence electrons. The molecule has 1 aromatic heterocycles. The van der Waals surface area contributed by atoms with Gasteiger partial charge < -0.3 is 14.9 Å². The van der Waals surface area contributed by atoms with E-state index in [1.807, 2.05) is 50.5 Å². The summed E-state index contributed by atoms with van der Waals surface area (Å²) in [7, 11) is 3.72. The summed E-state index contributed by atoms with van der Waals surface area (Å²) in [5, 5.41) is 9.82. The summed E-state index contributed by atoms with van der Waals surface area (Å²) in [5.41, 5.74) is 4.98. The van der Waals surface area contributed by atoms with E-state index < -0.39 is 11.6 Å². The lowest BCUT2D eigenvalue weighted by Crippen LogP contribution is -2.24. The molecule has 3 aromatic carbocycles. The predicted octanol–water partition coefficient (Wildman–Crippen LogP) is 5.92. The number of hydrazone groups is 1. The molecule has 0 atom stereocenters. The number of benzene rings is 3. The molecule has 0 aliphatic carbocycles. The molecule has 0 saturated carbocycles. The molecule has 0 aliphatic rings. The SMILES string of the molecule is CC(C)c1c(C(=O)NCc2ccc(F)c(F)c2)c2ccc(/C=N/N(C)C)cc2n1Cc1ccccc1. The lowest BCUT2D eigenvalue weighted by molar-refractivity contribution is 0.0951.